The fourth-order valence-electron chi connectivity index (χ4n) is 3.26. The number of nitrogens with one attached hydrogen (secondary N) is 1. The highest BCUT2D eigenvalue weighted by Gasteiger charge is 2.14. The van der Waals surface area contributed by atoms with Crippen LogP contribution in [-0.4, -0.2) is 44.1 Å². The van der Waals surface area contributed by atoms with Gasteiger partial charge in [0.15, 0.2) is 5.82 Å². The number of rotatable bonds is 8. The van der Waals surface area contributed by atoms with Crippen molar-refractivity contribution >= 4 is 29.1 Å². The third kappa shape index (κ3) is 5.81. The van der Waals surface area contributed by atoms with Crippen molar-refractivity contribution in [3.63, 3.8) is 0 Å². The van der Waals surface area contributed by atoms with Crippen LogP contribution in [0.4, 0.5) is 11.5 Å². The van der Waals surface area contributed by atoms with Crippen LogP contribution >= 0.6 is 11.3 Å². The van der Waals surface area contributed by atoms with E-state index in [1.807, 2.05) is 24.3 Å². The fourth-order valence-corrected chi connectivity index (χ4v) is 3.95. The first-order valence-corrected chi connectivity index (χ1v) is 11.0. The summed E-state index contributed by atoms with van der Waals surface area (Å²) in [5.41, 5.74) is 6.36. The summed E-state index contributed by atoms with van der Waals surface area (Å²) in [6.07, 6.45) is 2.67. The maximum Gasteiger partial charge on any atom is 0.217 e. The first-order valence-electron chi connectivity index (χ1n) is 10.1. The summed E-state index contributed by atoms with van der Waals surface area (Å²) in [5.74, 6) is 1.26. The second kappa shape index (κ2) is 10.2. The lowest BCUT2D eigenvalue weighted by Crippen LogP contribution is -2.36. The Kier molecular flexibility index (Phi) is 6.95. The molecule has 1 N–H and O–H groups in total. The van der Waals surface area contributed by atoms with Crippen molar-refractivity contribution in [2.24, 2.45) is 5.10 Å². The molecule has 3 heterocycles. The van der Waals surface area contributed by atoms with Gasteiger partial charge in [-0.1, -0.05) is 35.9 Å². The zero-order chi connectivity index (χ0) is 20.6. The molecule has 0 saturated carbocycles. The SMILES string of the molecule is Cc1cccc(C=NNc2cc(N3CCOCC3)cc(OCCc3cccs3)n2)c1. The summed E-state index contributed by atoms with van der Waals surface area (Å²) < 4.78 is 11.5. The standard InChI is InChI=1S/C23H26N4O2S/c1-18-4-2-5-19(14-18)17-24-26-22-15-20(27-8-11-28-12-9-27)16-23(25-22)29-10-7-21-6-3-13-30-21/h2-6,13-17H,7-12H2,1H3,(H,25,26). The number of pyridine rings is 1. The molecule has 1 aliphatic rings. The minimum atomic E-state index is 0.589. The van der Waals surface area contributed by atoms with Gasteiger partial charge in [0.2, 0.25) is 5.88 Å². The predicted octanol–water partition coefficient (Wildman–Crippen LogP) is 4.36. The van der Waals surface area contributed by atoms with Gasteiger partial charge in [-0.05, 0) is 23.9 Å². The number of aromatic nitrogens is 1. The van der Waals surface area contributed by atoms with E-state index in [1.54, 1.807) is 17.6 Å². The zero-order valence-electron chi connectivity index (χ0n) is 17.1. The quantitative estimate of drug-likeness (QED) is 0.432. The number of aryl methyl sites for hydroxylation is 1. The predicted molar refractivity (Wildman–Crippen MR) is 123 cm³/mol. The Hall–Kier alpha value is -2.90. The van der Waals surface area contributed by atoms with Crippen molar-refractivity contribution in [2.75, 3.05) is 43.2 Å². The van der Waals surface area contributed by atoms with E-state index in [4.69, 9.17) is 9.47 Å². The zero-order valence-corrected chi connectivity index (χ0v) is 17.9. The molecule has 0 atom stereocenters. The number of morpholine rings is 1. The van der Waals surface area contributed by atoms with Crippen LogP contribution in [0.1, 0.15) is 16.0 Å². The highest BCUT2D eigenvalue weighted by molar-refractivity contribution is 7.09. The van der Waals surface area contributed by atoms with Crippen LogP contribution in [-0.2, 0) is 11.2 Å². The number of nitrogens with zero attached hydrogens (tertiary/aromatic N) is 3. The van der Waals surface area contributed by atoms with Gasteiger partial charge >= 0.3 is 0 Å². The van der Waals surface area contributed by atoms with Crippen LogP contribution in [0.15, 0.2) is 59.0 Å². The topological polar surface area (TPSA) is 59.0 Å². The molecule has 6 nitrogen and oxygen atoms in total. The van der Waals surface area contributed by atoms with Gasteiger partial charge in [-0.15, -0.1) is 11.3 Å². The Balaban J connectivity index is 1.47. The van der Waals surface area contributed by atoms with Crippen molar-refractivity contribution in [2.45, 2.75) is 13.3 Å². The Morgan fingerprint density at radius 1 is 1.20 bits per heavy atom. The van der Waals surface area contributed by atoms with E-state index in [9.17, 15) is 0 Å². The van der Waals surface area contributed by atoms with Gasteiger partial charge in [0.05, 0.1) is 26.0 Å². The fraction of sp³-hybridized carbons (Fsp3) is 0.304. The monoisotopic (exact) mass is 422 g/mol. The van der Waals surface area contributed by atoms with Gasteiger partial charge in [-0.3, -0.25) is 5.43 Å². The van der Waals surface area contributed by atoms with Gasteiger partial charge in [-0.2, -0.15) is 10.1 Å². The summed E-state index contributed by atoms with van der Waals surface area (Å²) in [5, 5.41) is 6.45. The van der Waals surface area contributed by atoms with Gasteiger partial charge in [0.1, 0.15) is 0 Å². The minimum Gasteiger partial charge on any atom is -0.477 e. The second-order valence-electron chi connectivity index (χ2n) is 7.11. The van der Waals surface area contributed by atoms with E-state index >= 15 is 0 Å². The Bertz CT molecular complexity index is 969. The Morgan fingerprint density at radius 2 is 2.10 bits per heavy atom. The highest BCUT2D eigenvalue weighted by atomic mass is 32.1. The molecule has 30 heavy (non-hydrogen) atoms. The summed E-state index contributed by atoms with van der Waals surface area (Å²) >= 11 is 1.74. The molecular weight excluding hydrogens is 396 g/mol. The van der Waals surface area contributed by atoms with E-state index in [0.29, 0.717) is 18.3 Å². The lowest BCUT2D eigenvalue weighted by atomic mass is 10.2. The molecule has 3 aromatic rings. The van der Waals surface area contributed by atoms with Crippen molar-refractivity contribution < 1.29 is 9.47 Å². The van der Waals surface area contributed by atoms with Crippen LogP contribution in [0, 0.1) is 6.92 Å². The Morgan fingerprint density at radius 3 is 2.90 bits per heavy atom. The number of benzene rings is 1. The summed E-state index contributed by atoms with van der Waals surface area (Å²) in [6.45, 7) is 5.82. The molecule has 2 aromatic heterocycles. The van der Waals surface area contributed by atoms with Gasteiger partial charge in [0, 0.05) is 42.2 Å². The van der Waals surface area contributed by atoms with Crippen LogP contribution in [0.5, 0.6) is 5.88 Å². The first-order chi connectivity index (χ1) is 14.8. The van der Waals surface area contributed by atoms with Gasteiger partial charge in [-0.25, -0.2) is 0 Å². The van der Waals surface area contributed by atoms with E-state index in [-0.39, 0.29) is 0 Å². The number of hydrogen-bond donors (Lipinski definition) is 1. The normalized spacial score (nSPS) is 14.2. The number of hydrazone groups is 1. The van der Waals surface area contributed by atoms with E-state index in [0.717, 1.165) is 44.0 Å². The van der Waals surface area contributed by atoms with Crippen molar-refractivity contribution in [3.8, 4) is 5.88 Å². The van der Waals surface area contributed by atoms with Crippen LogP contribution in [0.2, 0.25) is 0 Å². The smallest absolute Gasteiger partial charge is 0.217 e. The van der Waals surface area contributed by atoms with Crippen LogP contribution in [0.3, 0.4) is 0 Å². The molecule has 1 fully saturated rings. The van der Waals surface area contributed by atoms with Crippen molar-refractivity contribution in [1.29, 1.82) is 0 Å². The molecule has 4 rings (SSSR count). The molecule has 1 aliphatic heterocycles. The lowest BCUT2D eigenvalue weighted by molar-refractivity contribution is 0.122. The number of ether oxygens (including phenoxy) is 2. The maximum atomic E-state index is 5.98. The molecule has 0 unspecified atom stereocenters. The van der Waals surface area contributed by atoms with Crippen molar-refractivity contribution in [1.82, 2.24) is 4.98 Å². The number of anilines is 2. The highest BCUT2D eigenvalue weighted by Crippen LogP contribution is 2.25. The number of hydrogen-bond acceptors (Lipinski definition) is 7. The molecule has 156 valence electrons. The third-order valence-corrected chi connectivity index (χ3v) is 5.71. The summed E-state index contributed by atoms with van der Waals surface area (Å²) in [4.78, 5) is 8.18. The van der Waals surface area contributed by atoms with E-state index in [1.165, 1.54) is 10.4 Å². The molecular formula is C23H26N4O2S. The average molecular weight is 423 g/mol. The Labute approximate surface area is 181 Å². The molecule has 0 bridgehead atoms. The third-order valence-electron chi connectivity index (χ3n) is 4.78. The largest absolute Gasteiger partial charge is 0.477 e. The van der Waals surface area contributed by atoms with E-state index in [2.05, 4.69) is 57.0 Å². The molecule has 7 heteroatoms. The van der Waals surface area contributed by atoms with Gasteiger partial charge < -0.3 is 14.4 Å². The van der Waals surface area contributed by atoms with Crippen LogP contribution < -0.4 is 15.1 Å². The average Bonchev–Trinajstić information content (AvgIpc) is 3.28. The minimum absolute atomic E-state index is 0.589. The molecule has 0 amide bonds. The summed E-state index contributed by atoms with van der Waals surface area (Å²) in [7, 11) is 0. The maximum absolute atomic E-state index is 5.98. The molecule has 0 aliphatic carbocycles. The molecule has 1 aromatic carbocycles. The summed E-state index contributed by atoms with van der Waals surface area (Å²) in [6, 6.07) is 16.4. The van der Waals surface area contributed by atoms with Gasteiger partial charge in [0.25, 0.3) is 0 Å². The molecule has 1 saturated heterocycles. The molecule has 0 spiro atoms. The first kappa shape index (κ1) is 20.4. The van der Waals surface area contributed by atoms with Crippen LogP contribution in [0.25, 0.3) is 0 Å². The van der Waals surface area contributed by atoms with Crippen molar-refractivity contribution in [3.05, 3.63) is 69.9 Å². The molecule has 0 radical (unpaired) electrons. The lowest BCUT2D eigenvalue weighted by Gasteiger charge is -2.29. The number of thiophene rings is 1. The second-order valence-corrected chi connectivity index (χ2v) is 8.14. The van der Waals surface area contributed by atoms with E-state index < -0.39 is 0 Å².